The van der Waals surface area contributed by atoms with Crippen LogP contribution in [0.25, 0.3) is 0 Å². The zero-order valence-corrected chi connectivity index (χ0v) is 12.1. The summed E-state index contributed by atoms with van der Waals surface area (Å²) in [6.07, 6.45) is 1.95. The van der Waals surface area contributed by atoms with Crippen molar-refractivity contribution >= 4 is 39.0 Å². The van der Waals surface area contributed by atoms with Gasteiger partial charge in [-0.05, 0) is 28.9 Å². The fourth-order valence-corrected chi connectivity index (χ4v) is 3.32. The third kappa shape index (κ3) is 5.20. The van der Waals surface area contributed by atoms with Crippen LogP contribution in [0.2, 0.25) is 0 Å². The third-order valence-corrected chi connectivity index (χ3v) is 4.97. The molecule has 0 saturated heterocycles. The molecule has 0 aliphatic heterocycles. The molecule has 0 spiro atoms. The summed E-state index contributed by atoms with van der Waals surface area (Å²) in [5, 5.41) is 3.44. The Morgan fingerprint density at radius 1 is 1.67 bits per heavy atom. The first-order valence-corrected chi connectivity index (χ1v) is 7.64. The number of hydrogen-bond donors (Lipinski definition) is 1. The third-order valence-electron chi connectivity index (χ3n) is 1.87. The molecule has 84 valence electrons. The molecule has 0 aliphatic carbocycles. The normalized spacial score (nSPS) is 10.5. The summed E-state index contributed by atoms with van der Waals surface area (Å²) in [5.41, 5.74) is 0. The fraction of sp³-hybridized carbons (Fsp3) is 0.455. The summed E-state index contributed by atoms with van der Waals surface area (Å²) in [4.78, 5) is 2.75. The maximum Gasteiger partial charge on any atom is 0.0314 e. The Hall–Kier alpha value is 0.230. The van der Waals surface area contributed by atoms with Crippen LogP contribution >= 0.6 is 39.0 Å². The summed E-state index contributed by atoms with van der Waals surface area (Å²) < 4.78 is 1.23. The largest absolute Gasteiger partial charge is 0.311 e. The molecule has 0 bridgehead atoms. The minimum atomic E-state index is 0.978. The van der Waals surface area contributed by atoms with Crippen molar-refractivity contribution in [2.24, 2.45) is 0 Å². The van der Waals surface area contributed by atoms with Crippen molar-refractivity contribution in [3.05, 3.63) is 32.9 Å². The minimum Gasteiger partial charge on any atom is -0.311 e. The van der Waals surface area contributed by atoms with Crippen LogP contribution in [0.5, 0.6) is 0 Å². The Bertz CT molecular complexity index is 290. The van der Waals surface area contributed by atoms with Gasteiger partial charge in [0.2, 0.25) is 0 Å². The second-order valence-corrected chi connectivity index (χ2v) is 6.50. The molecule has 0 atom stereocenters. The summed E-state index contributed by atoms with van der Waals surface area (Å²) >= 11 is 7.29. The van der Waals surface area contributed by atoms with Crippen LogP contribution in [0.15, 0.2) is 23.2 Å². The van der Waals surface area contributed by atoms with Crippen LogP contribution < -0.4 is 5.32 Å². The molecule has 1 rings (SSSR count). The molecule has 0 amide bonds. The minimum absolute atomic E-state index is 0.978. The van der Waals surface area contributed by atoms with Gasteiger partial charge in [0.15, 0.2) is 0 Å². The molecule has 15 heavy (non-hydrogen) atoms. The summed E-state index contributed by atoms with van der Waals surface area (Å²) in [6.45, 7) is 7.87. The highest BCUT2D eigenvalue weighted by Crippen LogP contribution is 2.25. The van der Waals surface area contributed by atoms with Crippen molar-refractivity contribution in [1.82, 2.24) is 5.32 Å². The summed E-state index contributed by atoms with van der Waals surface area (Å²) in [6, 6.07) is 2.20. The number of thioether (sulfide) groups is 1. The molecule has 1 nitrogen and oxygen atoms in total. The predicted octanol–water partition coefficient (Wildman–Crippen LogP) is 3.83. The van der Waals surface area contributed by atoms with Crippen molar-refractivity contribution < 1.29 is 0 Å². The van der Waals surface area contributed by atoms with E-state index in [-0.39, 0.29) is 0 Å². The number of nitrogens with one attached hydrogen (secondary N) is 1. The van der Waals surface area contributed by atoms with Gasteiger partial charge in [0.05, 0.1) is 0 Å². The second kappa shape index (κ2) is 7.49. The van der Waals surface area contributed by atoms with E-state index in [1.165, 1.54) is 14.2 Å². The van der Waals surface area contributed by atoms with Crippen molar-refractivity contribution in [2.45, 2.75) is 13.5 Å². The number of thiophene rings is 1. The lowest BCUT2D eigenvalue weighted by atomic mass is 10.4. The van der Waals surface area contributed by atoms with Gasteiger partial charge in [-0.1, -0.05) is 6.08 Å². The average molecular weight is 306 g/mol. The standard InChI is InChI=1S/C11H16BrNS2/c1-3-5-14-6-4-13-8-10-7-11(12)9(2)15-10/h3,7,13H,1,4-6,8H2,2H3. The Morgan fingerprint density at radius 2 is 2.47 bits per heavy atom. The van der Waals surface area contributed by atoms with Gasteiger partial charge in [-0.3, -0.25) is 0 Å². The quantitative estimate of drug-likeness (QED) is 0.607. The summed E-state index contributed by atoms with van der Waals surface area (Å²) in [7, 11) is 0. The van der Waals surface area contributed by atoms with E-state index in [1.807, 2.05) is 29.2 Å². The van der Waals surface area contributed by atoms with Crippen LogP contribution in [-0.4, -0.2) is 18.1 Å². The van der Waals surface area contributed by atoms with Crippen molar-refractivity contribution in [2.75, 3.05) is 18.1 Å². The highest BCUT2D eigenvalue weighted by molar-refractivity contribution is 9.10. The molecule has 0 unspecified atom stereocenters. The SMILES string of the molecule is C=CCSCCNCc1cc(Br)c(C)s1. The summed E-state index contributed by atoms with van der Waals surface area (Å²) in [5.74, 6) is 2.20. The van der Waals surface area contributed by atoms with Gasteiger partial charge in [-0.25, -0.2) is 0 Å². The van der Waals surface area contributed by atoms with Crippen LogP contribution in [0.4, 0.5) is 0 Å². The second-order valence-electron chi connectivity index (χ2n) is 3.16. The first kappa shape index (κ1) is 13.3. The van der Waals surface area contributed by atoms with Crippen molar-refractivity contribution in [1.29, 1.82) is 0 Å². The molecule has 0 saturated carbocycles. The molecule has 1 aromatic rings. The van der Waals surface area contributed by atoms with Crippen LogP contribution in [-0.2, 0) is 6.54 Å². The smallest absolute Gasteiger partial charge is 0.0314 e. The molecule has 0 aromatic carbocycles. The first-order valence-electron chi connectivity index (χ1n) is 4.88. The number of halogens is 1. The van der Waals surface area contributed by atoms with Gasteiger partial charge in [0, 0.05) is 38.8 Å². The van der Waals surface area contributed by atoms with E-state index in [1.54, 1.807) is 0 Å². The van der Waals surface area contributed by atoms with E-state index in [9.17, 15) is 0 Å². The molecular weight excluding hydrogens is 290 g/mol. The van der Waals surface area contributed by atoms with Gasteiger partial charge < -0.3 is 5.32 Å². The molecule has 1 aromatic heterocycles. The highest BCUT2D eigenvalue weighted by atomic mass is 79.9. The lowest BCUT2D eigenvalue weighted by molar-refractivity contribution is 0.741. The number of aryl methyl sites for hydroxylation is 1. The van der Waals surface area contributed by atoms with Gasteiger partial charge in [-0.15, -0.1) is 17.9 Å². The topological polar surface area (TPSA) is 12.0 Å². The van der Waals surface area contributed by atoms with Crippen LogP contribution in [0.3, 0.4) is 0 Å². The number of hydrogen-bond acceptors (Lipinski definition) is 3. The Kier molecular flexibility index (Phi) is 6.64. The Balaban J connectivity index is 2.12. The van der Waals surface area contributed by atoms with Gasteiger partial charge >= 0.3 is 0 Å². The lowest BCUT2D eigenvalue weighted by Gasteiger charge is -2.01. The van der Waals surface area contributed by atoms with Gasteiger partial charge in [0.1, 0.15) is 0 Å². The molecule has 0 aliphatic rings. The molecule has 0 fully saturated rings. The van der Waals surface area contributed by atoms with E-state index < -0.39 is 0 Å². The Labute approximate surface area is 108 Å². The van der Waals surface area contributed by atoms with Crippen LogP contribution in [0, 0.1) is 6.92 Å². The van der Waals surface area contributed by atoms with Gasteiger partial charge in [0.25, 0.3) is 0 Å². The Morgan fingerprint density at radius 3 is 3.07 bits per heavy atom. The zero-order chi connectivity index (χ0) is 11.1. The maximum absolute atomic E-state index is 3.69. The monoisotopic (exact) mass is 305 g/mol. The van der Waals surface area contributed by atoms with Crippen molar-refractivity contribution in [3.63, 3.8) is 0 Å². The van der Waals surface area contributed by atoms with E-state index in [2.05, 4.69) is 40.8 Å². The highest BCUT2D eigenvalue weighted by Gasteiger charge is 2.01. The zero-order valence-electron chi connectivity index (χ0n) is 8.88. The fourth-order valence-electron chi connectivity index (χ4n) is 1.13. The lowest BCUT2D eigenvalue weighted by Crippen LogP contribution is -2.15. The molecule has 1 N–H and O–H groups in total. The first-order chi connectivity index (χ1) is 7.24. The van der Waals surface area contributed by atoms with E-state index in [0.29, 0.717) is 0 Å². The van der Waals surface area contributed by atoms with Gasteiger partial charge in [-0.2, -0.15) is 11.8 Å². The maximum atomic E-state index is 3.69. The molecular formula is C11H16BrNS2. The van der Waals surface area contributed by atoms with Crippen LogP contribution in [0.1, 0.15) is 9.75 Å². The molecule has 1 heterocycles. The average Bonchev–Trinajstić information content (AvgIpc) is 2.52. The van der Waals surface area contributed by atoms with E-state index >= 15 is 0 Å². The van der Waals surface area contributed by atoms with Crippen molar-refractivity contribution in [3.8, 4) is 0 Å². The van der Waals surface area contributed by atoms with E-state index in [4.69, 9.17) is 0 Å². The molecule has 4 heteroatoms. The molecule has 0 radical (unpaired) electrons. The van der Waals surface area contributed by atoms with E-state index in [0.717, 1.165) is 24.6 Å². The number of rotatable bonds is 7. The predicted molar refractivity (Wildman–Crippen MR) is 76.0 cm³/mol.